The molecule has 0 bridgehead atoms. The highest BCUT2D eigenvalue weighted by atomic mass is 16.6. The van der Waals surface area contributed by atoms with E-state index in [2.05, 4.69) is 13.8 Å². The lowest BCUT2D eigenvalue weighted by Crippen LogP contribution is -2.12. The van der Waals surface area contributed by atoms with Crippen LogP contribution in [0.25, 0.3) is 0 Å². The van der Waals surface area contributed by atoms with Crippen LogP contribution in [-0.4, -0.2) is 39.0 Å². The molecule has 27 heavy (non-hydrogen) atoms. The Hall–Kier alpha value is -0.610. The number of ether oxygens (including phenoxy) is 3. The first-order valence-corrected chi connectivity index (χ1v) is 11.6. The van der Waals surface area contributed by atoms with Crippen LogP contribution in [0.15, 0.2) is 0 Å². The Bertz CT molecular complexity index is 294. The molecule has 0 aliphatic rings. The molecule has 0 rings (SSSR count). The molecule has 4 heteroatoms. The standard InChI is InChI=1S/C23H46O4/c1-3-5-6-7-8-9-10-11-12-13-14-15-16-17-23(24)27-22-21-26-20-19-25-18-4-2/h3-22H2,1-2H3. The van der Waals surface area contributed by atoms with Gasteiger partial charge in [0.25, 0.3) is 0 Å². The van der Waals surface area contributed by atoms with Crippen LogP contribution in [0.3, 0.4) is 0 Å². The van der Waals surface area contributed by atoms with Crippen LogP contribution in [-0.2, 0) is 19.0 Å². The molecule has 0 aliphatic heterocycles. The van der Waals surface area contributed by atoms with Gasteiger partial charge in [0.15, 0.2) is 0 Å². The minimum Gasteiger partial charge on any atom is -0.463 e. The van der Waals surface area contributed by atoms with Crippen LogP contribution >= 0.6 is 0 Å². The molecule has 0 N–H and O–H groups in total. The maximum atomic E-state index is 11.6. The second-order valence-corrected chi connectivity index (χ2v) is 7.44. The van der Waals surface area contributed by atoms with E-state index >= 15 is 0 Å². The van der Waals surface area contributed by atoms with Gasteiger partial charge >= 0.3 is 5.97 Å². The molecule has 0 unspecified atom stereocenters. The summed E-state index contributed by atoms with van der Waals surface area (Å²) in [7, 11) is 0. The Labute approximate surface area is 168 Å². The first-order valence-electron chi connectivity index (χ1n) is 11.6. The largest absolute Gasteiger partial charge is 0.463 e. The highest BCUT2D eigenvalue weighted by Crippen LogP contribution is 2.13. The summed E-state index contributed by atoms with van der Waals surface area (Å²) >= 11 is 0. The van der Waals surface area contributed by atoms with Crippen LogP contribution < -0.4 is 0 Å². The van der Waals surface area contributed by atoms with E-state index in [1.165, 1.54) is 70.6 Å². The smallest absolute Gasteiger partial charge is 0.305 e. The molecule has 0 saturated heterocycles. The molecule has 0 aromatic heterocycles. The lowest BCUT2D eigenvalue weighted by Gasteiger charge is -2.07. The van der Waals surface area contributed by atoms with Crippen molar-refractivity contribution < 1.29 is 19.0 Å². The summed E-state index contributed by atoms with van der Waals surface area (Å²) in [5, 5.41) is 0. The summed E-state index contributed by atoms with van der Waals surface area (Å²) < 4.78 is 15.8. The zero-order valence-corrected chi connectivity index (χ0v) is 18.3. The van der Waals surface area contributed by atoms with Crippen molar-refractivity contribution in [1.82, 2.24) is 0 Å². The lowest BCUT2D eigenvalue weighted by atomic mass is 10.0. The number of rotatable bonds is 22. The molecule has 0 atom stereocenters. The second kappa shape index (κ2) is 23.4. The van der Waals surface area contributed by atoms with Gasteiger partial charge in [-0.15, -0.1) is 0 Å². The van der Waals surface area contributed by atoms with E-state index in [1.54, 1.807) is 0 Å². The number of carbonyl (C=O) groups excluding carboxylic acids is 1. The summed E-state index contributed by atoms with van der Waals surface area (Å²) in [6.45, 7) is 7.11. The number of hydrogen-bond donors (Lipinski definition) is 0. The average Bonchev–Trinajstić information content (AvgIpc) is 2.67. The fraction of sp³-hybridized carbons (Fsp3) is 0.957. The number of esters is 1. The normalized spacial score (nSPS) is 11.0. The van der Waals surface area contributed by atoms with Crippen molar-refractivity contribution >= 4 is 5.97 Å². The van der Waals surface area contributed by atoms with Gasteiger partial charge in [0.05, 0.1) is 19.8 Å². The molecule has 0 amide bonds. The Morgan fingerprint density at radius 1 is 0.519 bits per heavy atom. The van der Waals surface area contributed by atoms with Crippen molar-refractivity contribution in [3.05, 3.63) is 0 Å². The predicted molar refractivity (Wildman–Crippen MR) is 113 cm³/mol. The Balaban J connectivity index is 3.12. The second-order valence-electron chi connectivity index (χ2n) is 7.44. The fourth-order valence-electron chi connectivity index (χ4n) is 3.04. The molecular formula is C23H46O4. The van der Waals surface area contributed by atoms with Crippen molar-refractivity contribution in [3.8, 4) is 0 Å². The highest BCUT2D eigenvalue weighted by Gasteiger charge is 2.02. The van der Waals surface area contributed by atoms with E-state index in [0.29, 0.717) is 32.8 Å². The fourth-order valence-corrected chi connectivity index (χ4v) is 3.04. The molecule has 0 heterocycles. The van der Waals surface area contributed by atoms with Gasteiger partial charge in [-0.05, 0) is 12.8 Å². The molecule has 0 aliphatic carbocycles. The Morgan fingerprint density at radius 3 is 1.48 bits per heavy atom. The van der Waals surface area contributed by atoms with E-state index < -0.39 is 0 Å². The number of carbonyl (C=O) groups is 1. The lowest BCUT2D eigenvalue weighted by molar-refractivity contribution is -0.145. The summed E-state index contributed by atoms with van der Waals surface area (Å²) in [6.07, 6.45) is 18.7. The quantitative estimate of drug-likeness (QED) is 0.158. The van der Waals surface area contributed by atoms with Gasteiger partial charge in [0.1, 0.15) is 6.61 Å². The molecule has 162 valence electrons. The topological polar surface area (TPSA) is 44.8 Å². The predicted octanol–water partition coefficient (Wildman–Crippen LogP) is 6.45. The molecule has 0 fully saturated rings. The van der Waals surface area contributed by atoms with Crippen LogP contribution in [0.5, 0.6) is 0 Å². The van der Waals surface area contributed by atoms with Gasteiger partial charge in [-0.3, -0.25) is 4.79 Å². The van der Waals surface area contributed by atoms with E-state index in [0.717, 1.165) is 25.9 Å². The van der Waals surface area contributed by atoms with Crippen LogP contribution in [0, 0.1) is 0 Å². The van der Waals surface area contributed by atoms with Crippen molar-refractivity contribution in [1.29, 1.82) is 0 Å². The average molecular weight is 387 g/mol. The minimum atomic E-state index is -0.0936. The third kappa shape index (κ3) is 23.4. The van der Waals surface area contributed by atoms with E-state index in [4.69, 9.17) is 14.2 Å². The SMILES string of the molecule is CCCCCCCCCCCCCCCC(=O)OCCOCCOCCC. The Kier molecular flexibility index (Phi) is 22.9. The van der Waals surface area contributed by atoms with Gasteiger partial charge < -0.3 is 14.2 Å². The molecule has 0 radical (unpaired) electrons. The van der Waals surface area contributed by atoms with E-state index in [9.17, 15) is 4.79 Å². The maximum Gasteiger partial charge on any atom is 0.305 e. The zero-order valence-electron chi connectivity index (χ0n) is 18.3. The molecular weight excluding hydrogens is 340 g/mol. The first-order chi connectivity index (χ1) is 13.3. The summed E-state index contributed by atoms with van der Waals surface area (Å²) in [5.41, 5.74) is 0. The van der Waals surface area contributed by atoms with E-state index in [1.807, 2.05) is 0 Å². The van der Waals surface area contributed by atoms with Gasteiger partial charge in [-0.2, -0.15) is 0 Å². The van der Waals surface area contributed by atoms with Crippen molar-refractivity contribution in [2.45, 2.75) is 110 Å². The summed E-state index contributed by atoms with van der Waals surface area (Å²) in [4.78, 5) is 11.6. The molecule has 0 aromatic carbocycles. The Morgan fingerprint density at radius 2 is 0.963 bits per heavy atom. The van der Waals surface area contributed by atoms with Crippen LogP contribution in [0.4, 0.5) is 0 Å². The monoisotopic (exact) mass is 386 g/mol. The molecule has 4 nitrogen and oxygen atoms in total. The van der Waals surface area contributed by atoms with Gasteiger partial charge in [0, 0.05) is 13.0 Å². The van der Waals surface area contributed by atoms with Crippen LogP contribution in [0.2, 0.25) is 0 Å². The zero-order chi connectivity index (χ0) is 19.8. The van der Waals surface area contributed by atoms with Crippen molar-refractivity contribution in [2.24, 2.45) is 0 Å². The molecule has 0 aromatic rings. The summed E-state index contributed by atoms with van der Waals surface area (Å²) in [6, 6.07) is 0. The third-order valence-corrected chi connectivity index (χ3v) is 4.70. The minimum absolute atomic E-state index is 0.0936. The van der Waals surface area contributed by atoms with Gasteiger partial charge in [-0.25, -0.2) is 0 Å². The van der Waals surface area contributed by atoms with Crippen LogP contribution in [0.1, 0.15) is 110 Å². The maximum absolute atomic E-state index is 11.6. The molecule has 0 spiro atoms. The van der Waals surface area contributed by atoms with E-state index in [-0.39, 0.29) is 5.97 Å². The van der Waals surface area contributed by atoms with Crippen molar-refractivity contribution in [3.63, 3.8) is 0 Å². The van der Waals surface area contributed by atoms with Crippen molar-refractivity contribution in [2.75, 3.05) is 33.0 Å². The molecule has 0 saturated carbocycles. The van der Waals surface area contributed by atoms with Gasteiger partial charge in [-0.1, -0.05) is 90.9 Å². The van der Waals surface area contributed by atoms with Gasteiger partial charge in [0.2, 0.25) is 0 Å². The first kappa shape index (κ1) is 26.4. The number of hydrogen-bond acceptors (Lipinski definition) is 4. The number of unbranched alkanes of at least 4 members (excludes halogenated alkanes) is 12. The third-order valence-electron chi connectivity index (χ3n) is 4.70. The summed E-state index contributed by atoms with van der Waals surface area (Å²) in [5.74, 6) is -0.0936. The highest BCUT2D eigenvalue weighted by molar-refractivity contribution is 5.69.